The molecule has 0 radical (unpaired) electrons. The molecule has 1 amide bonds. The summed E-state index contributed by atoms with van der Waals surface area (Å²) in [5, 5.41) is 11.8. The van der Waals surface area contributed by atoms with E-state index in [0.717, 1.165) is 32.1 Å². The van der Waals surface area contributed by atoms with Crippen LogP contribution in [0.5, 0.6) is 0 Å². The highest BCUT2D eigenvalue weighted by Gasteiger charge is 2.20. The average Bonchev–Trinajstić information content (AvgIpc) is 2.50. The zero-order valence-electron chi connectivity index (χ0n) is 12.5. The zero-order chi connectivity index (χ0) is 15.2. The van der Waals surface area contributed by atoms with Gasteiger partial charge in [-0.3, -0.25) is 4.79 Å². The van der Waals surface area contributed by atoms with E-state index in [1.54, 1.807) is 6.07 Å². The van der Waals surface area contributed by atoms with Gasteiger partial charge in [0.05, 0.1) is 0 Å². The quantitative estimate of drug-likeness (QED) is 0.846. The van der Waals surface area contributed by atoms with E-state index in [1.807, 2.05) is 19.1 Å². The monoisotopic (exact) mass is 289 g/mol. The number of aryl methyl sites for hydroxylation is 2. The maximum Gasteiger partial charge on any atom is 0.326 e. The van der Waals surface area contributed by atoms with Gasteiger partial charge in [0.1, 0.15) is 6.04 Å². The lowest BCUT2D eigenvalue weighted by molar-refractivity contribution is -0.139. The molecule has 0 spiro atoms. The molecule has 1 aromatic rings. The van der Waals surface area contributed by atoms with Crippen LogP contribution < -0.4 is 5.32 Å². The van der Waals surface area contributed by atoms with Crippen LogP contribution in [0.1, 0.15) is 60.5 Å². The molecule has 1 aliphatic rings. The third kappa shape index (κ3) is 4.06. The maximum absolute atomic E-state index is 12.2. The maximum atomic E-state index is 12.2. The van der Waals surface area contributed by atoms with E-state index >= 15 is 0 Å². The molecule has 0 aliphatic heterocycles. The highest BCUT2D eigenvalue weighted by Crippen LogP contribution is 2.22. The molecule has 21 heavy (non-hydrogen) atoms. The van der Waals surface area contributed by atoms with Crippen molar-refractivity contribution in [3.05, 3.63) is 34.9 Å². The van der Waals surface area contributed by atoms with Gasteiger partial charge in [0, 0.05) is 5.56 Å². The Morgan fingerprint density at radius 3 is 2.62 bits per heavy atom. The topological polar surface area (TPSA) is 66.4 Å². The van der Waals surface area contributed by atoms with Crippen molar-refractivity contribution in [2.24, 2.45) is 0 Å². The number of fused-ring (bicyclic) bond motifs is 1. The molecule has 1 aliphatic carbocycles. The van der Waals surface area contributed by atoms with Crippen molar-refractivity contribution in [3.8, 4) is 0 Å². The van der Waals surface area contributed by atoms with Crippen molar-refractivity contribution < 1.29 is 14.7 Å². The van der Waals surface area contributed by atoms with E-state index in [9.17, 15) is 14.7 Å². The number of carboxylic acid groups (broad SMARTS) is 1. The van der Waals surface area contributed by atoms with E-state index in [1.165, 1.54) is 17.5 Å². The highest BCUT2D eigenvalue weighted by molar-refractivity contribution is 5.96. The van der Waals surface area contributed by atoms with Crippen LogP contribution in [0, 0.1) is 0 Å². The standard InChI is InChI=1S/C17H23NO3/c1-2-3-8-15(17(20)21)18-16(19)14-10-9-12-6-4-5-7-13(12)11-14/h9-11,15H,2-8H2,1H3,(H,18,19)(H,20,21)/t15-/m0/s1. The third-order valence-electron chi connectivity index (χ3n) is 4.06. The first-order valence-corrected chi connectivity index (χ1v) is 7.77. The number of hydrogen-bond acceptors (Lipinski definition) is 2. The number of carbonyl (C=O) groups excluding carboxylic acids is 1. The van der Waals surface area contributed by atoms with E-state index in [0.29, 0.717) is 12.0 Å². The molecule has 4 heteroatoms. The van der Waals surface area contributed by atoms with Crippen molar-refractivity contribution in [2.45, 2.75) is 57.9 Å². The van der Waals surface area contributed by atoms with E-state index in [4.69, 9.17) is 0 Å². The molecule has 0 bridgehead atoms. The number of carboxylic acids is 1. The van der Waals surface area contributed by atoms with Crippen LogP contribution in [-0.4, -0.2) is 23.0 Å². The first-order valence-electron chi connectivity index (χ1n) is 7.77. The Morgan fingerprint density at radius 1 is 1.24 bits per heavy atom. The van der Waals surface area contributed by atoms with Crippen LogP contribution in [0.25, 0.3) is 0 Å². The van der Waals surface area contributed by atoms with Crippen LogP contribution in [0.4, 0.5) is 0 Å². The predicted octanol–water partition coefficient (Wildman–Crippen LogP) is 2.94. The molecule has 0 saturated heterocycles. The number of rotatable bonds is 6. The molecule has 0 aromatic heterocycles. The number of amides is 1. The fourth-order valence-corrected chi connectivity index (χ4v) is 2.78. The van der Waals surface area contributed by atoms with Crippen molar-refractivity contribution in [1.29, 1.82) is 0 Å². The van der Waals surface area contributed by atoms with Crippen LogP contribution >= 0.6 is 0 Å². The summed E-state index contributed by atoms with van der Waals surface area (Å²) >= 11 is 0. The molecule has 1 aromatic carbocycles. The summed E-state index contributed by atoms with van der Waals surface area (Å²) in [7, 11) is 0. The Balaban J connectivity index is 2.06. The van der Waals surface area contributed by atoms with Gasteiger partial charge in [0.2, 0.25) is 0 Å². The number of hydrogen-bond donors (Lipinski definition) is 2. The summed E-state index contributed by atoms with van der Waals surface area (Å²) in [4.78, 5) is 23.4. The summed E-state index contributed by atoms with van der Waals surface area (Å²) in [5.74, 6) is -1.25. The van der Waals surface area contributed by atoms with Crippen molar-refractivity contribution in [3.63, 3.8) is 0 Å². The van der Waals surface area contributed by atoms with Crippen LogP contribution in [0.3, 0.4) is 0 Å². The molecule has 4 nitrogen and oxygen atoms in total. The minimum absolute atomic E-state index is 0.285. The summed E-state index contributed by atoms with van der Waals surface area (Å²) in [6, 6.07) is 4.93. The van der Waals surface area contributed by atoms with Crippen molar-refractivity contribution in [2.75, 3.05) is 0 Å². The van der Waals surface area contributed by atoms with Gasteiger partial charge < -0.3 is 10.4 Å². The first-order chi connectivity index (χ1) is 10.1. The van der Waals surface area contributed by atoms with E-state index in [2.05, 4.69) is 5.32 Å². The molecular formula is C17H23NO3. The fourth-order valence-electron chi connectivity index (χ4n) is 2.78. The number of nitrogens with one attached hydrogen (secondary N) is 1. The predicted molar refractivity (Wildman–Crippen MR) is 81.5 cm³/mol. The molecule has 0 saturated carbocycles. The smallest absolute Gasteiger partial charge is 0.326 e. The number of carbonyl (C=O) groups is 2. The Hall–Kier alpha value is -1.84. The Kier molecular flexibility index (Phi) is 5.37. The summed E-state index contributed by atoms with van der Waals surface area (Å²) in [6.07, 6.45) is 6.63. The van der Waals surface area contributed by atoms with Gasteiger partial charge >= 0.3 is 5.97 Å². The molecule has 0 unspecified atom stereocenters. The lowest BCUT2D eigenvalue weighted by atomic mass is 9.90. The van der Waals surface area contributed by atoms with Gasteiger partial charge in [-0.2, -0.15) is 0 Å². The van der Waals surface area contributed by atoms with E-state index < -0.39 is 12.0 Å². The van der Waals surface area contributed by atoms with Crippen LogP contribution in [0.15, 0.2) is 18.2 Å². The second kappa shape index (κ2) is 7.25. The number of benzene rings is 1. The number of aliphatic carboxylic acids is 1. The second-order valence-corrected chi connectivity index (χ2v) is 5.70. The van der Waals surface area contributed by atoms with Gasteiger partial charge in [-0.25, -0.2) is 4.79 Å². The molecule has 2 rings (SSSR count). The fraction of sp³-hybridized carbons (Fsp3) is 0.529. The zero-order valence-corrected chi connectivity index (χ0v) is 12.5. The average molecular weight is 289 g/mol. The van der Waals surface area contributed by atoms with Gasteiger partial charge in [-0.05, 0) is 55.4 Å². The van der Waals surface area contributed by atoms with Crippen LogP contribution in [0.2, 0.25) is 0 Å². The molecule has 0 heterocycles. The molecule has 0 fully saturated rings. The Bertz CT molecular complexity index is 525. The van der Waals surface area contributed by atoms with Gasteiger partial charge in [0.15, 0.2) is 0 Å². The summed E-state index contributed by atoms with van der Waals surface area (Å²) in [5.41, 5.74) is 3.12. The minimum Gasteiger partial charge on any atom is -0.480 e. The SMILES string of the molecule is CCCC[C@H](NC(=O)c1ccc2c(c1)CCCC2)C(=O)O. The normalized spacial score (nSPS) is 15.1. The second-order valence-electron chi connectivity index (χ2n) is 5.70. The third-order valence-corrected chi connectivity index (χ3v) is 4.06. The first kappa shape index (κ1) is 15.5. The van der Waals surface area contributed by atoms with Crippen LogP contribution in [-0.2, 0) is 17.6 Å². The minimum atomic E-state index is -0.963. The van der Waals surface area contributed by atoms with Crippen molar-refractivity contribution >= 4 is 11.9 Å². The van der Waals surface area contributed by atoms with Gasteiger partial charge in [-0.15, -0.1) is 0 Å². The van der Waals surface area contributed by atoms with E-state index in [-0.39, 0.29) is 5.91 Å². The molecule has 114 valence electrons. The number of unbranched alkanes of at least 4 members (excludes halogenated alkanes) is 1. The molecule has 2 N–H and O–H groups in total. The van der Waals surface area contributed by atoms with Gasteiger partial charge in [0.25, 0.3) is 5.91 Å². The Labute approximate surface area is 125 Å². The molecule has 1 atom stereocenters. The molecular weight excluding hydrogens is 266 g/mol. The van der Waals surface area contributed by atoms with Gasteiger partial charge in [-0.1, -0.05) is 25.8 Å². The largest absolute Gasteiger partial charge is 0.480 e. The lowest BCUT2D eigenvalue weighted by Crippen LogP contribution is -2.40. The lowest BCUT2D eigenvalue weighted by Gasteiger charge is -2.18. The van der Waals surface area contributed by atoms with Crippen molar-refractivity contribution in [1.82, 2.24) is 5.32 Å². The summed E-state index contributed by atoms with van der Waals surface area (Å²) < 4.78 is 0. The summed E-state index contributed by atoms with van der Waals surface area (Å²) in [6.45, 7) is 2.00. The Morgan fingerprint density at radius 2 is 1.95 bits per heavy atom. The highest BCUT2D eigenvalue weighted by atomic mass is 16.4.